The molecule has 0 bridgehead atoms. The van der Waals surface area contributed by atoms with Gasteiger partial charge in [-0.2, -0.15) is 0 Å². The van der Waals surface area contributed by atoms with Gasteiger partial charge in [-0.05, 0) is 12.3 Å². The molecule has 1 amide bonds. The van der Waals surface area contributed by atoms with Crippen molar-refractivity contribution in [1.82, 2.24) is 5.32 Å². The van der Waals surface area contributed by atoms with E-state index in [9.17, 15) is 4.79 Å². The zero-order chi connectivity index (χ0) is 10.4. The first-order valence-corrected chi connectivity index (χ1v) is 5.01. The highest BCUT2D eigenvalue weighted by Gasteiger charge is 2.13. The number of hydrogen-bond donors (Lipinski definition) is 2. The van der Waals surface area contributed by atoms with Crippen LogP contribution in [0.5, 0.6) is 0 Å². The summed E-state index contributed by atoms with van der Waals surface area (Å²) in [6, 6.07) is 0.488. The van der Waals surface area contributed by atoms with E-state index in [0.717, 1.165) is 6.42 Å². The molecule has 3 heteroatoms. The molecule has 13 heavy (non-hydrogen) atoms. The third kappa shape index (κ3) is 4.88. The maximum Gasteiger partial charge on any atom is 0.221 e. The van der Waals surface area contributed by atoms with Crippen LogP contribution in [-0.2, 0) is 4.79 Å². The lowest BCUT2D eigenvalue weighted by Crippen LogP contribution is -2.39. The van der Waals surface area contributed by atoms with Crippen LogP contribution in [-0.4, -0.2) is 18.5 Å². The molecular weight excluding hydrogens is 164 g/mol. The summed E-state index contributed by atoms with van der Waals surface area (Å²) in [7, 11) is 0. The molecule has 0 aromatic rings. The van der Waals surface area contributed by atoms with Gasteiger partial charge in [0.15, 0.2) is 0 Å². The van der Waals surface area contributed by atoms with Crippen molar-refractivity contribution in [2.24, 2.45) is 17.6 Å². The quantitative estimate of drug-likeness (QED) is 0.653. The standard InChI is InChI=1S/C10H22N2O/c1-5-9(7(2)3)12-6-8(4)10(11)13/h7-9,12H,5-6H2,1-4H3,(H2,11,13). The lowest BCUT2D eigenvalue weighted by molar-refractivity contribution is -0.121. The Morgan fingerprint density at radius 3 is 2.23 bits per heavy atom. The number of primary amides is 1. The van der Waals surface area contributed by atoms with E-state index < -0.39 is 0 Å². The van der Waals surface area contributed by atoms with Gasteiger partial charge in [0.2, 0.25) is 5.91 Å². The number of nitrogens with two attached hydrogens (primary N) is 1. The fourth-order valence-corrected chi connectivity index (χ4v) is 1.28. The van der Waals surface area contributed by atoms with Crippen LogP contribution in [0.2, 0.25) is 0 Å². The van der Waals surface area contributed by atoms with Crippen molar-refractivity contribution in [1.29, 1.82) is 0 Å². The van der Waals surface area contributed by atoms with Gasteiger partial charge in [0.1, 0.15) is 0 Å². The number of amides is 1. The molecule has 0 aliphatic heterocycles. The first-order chi connectivity index (χ1) is 5.99. The second-order valence-electron chi connectivity index (χ2n) is 3.97. The van der Waals surface area contributed by atoms with Crippen molar-refractivity contribution < 1.29 is 4.79 Å². The summed E-state index contributed by atoms with van der Waals surface area (Å²) in [5.74, 6) is 0.295. The molecule has 0 aliphatic rings. The summed E-state index contributed by atoms with van der Waals surface area (Å²) in [5.41, 5.74) is 5.16. The molecular formula is C10H22N2O. The van der Waals surface area contributed by atoms with E-state index in [0.29, 0.717) is 18.5 Å². The fourth-order valence-electron chi connectivity index (χ4n) is 1.28. The van der Waals surface area contributed by atoms with E-state index in [1.807, 2.05) is 6.92 Å². The fraction of sp³-hybridized carbons (Fsp3) is 0.900. The van der Waals surface area contributed by atoms with Crippen molar-refractivity contribution in [3.05, 3.63) is 0 Å². The molecule has 0 saturated heterocycles. The Morgan fingerprint density at radius 1 is 1.38 bits per heavy atom. The molecule has 3 N–H and O–H groups in total. The minimum absolute atomic E-state index is 0.0761. The van der Waals surface area contributed by atoms with Crippen molar-refractivity contribution in [3.63, 3.8) is 0 Å². The molecule has 0 radical (unpaired) electrons. The normalized spacial score (nSPS) is 15.8. The van der Waals surface area contributed by atoms with Crippen LogP contribution in [0.3, 0.4) is 0 Å². The number of nitrogens with one attached hydrogen (secondary N) is 1. The van der Waals surface area contributed by atoms with Crippen LogP contribution in [0.25, 0.3) is 0 Å². The van der Waals surface area contributed by atoms with Crippen molar-refractivity contribution in [3.8, 4) is 0 Å². The molecule has 78 valence electrons. The van der Waals surface area contributed by atoms with E-state index in [2.05, 4.69) is 26.1 Å². The summed E-state index contributed by atoms with van der Waals surface area (Å²) in [6.45, 7) is 9.03. The van der Waals surface area contributed by atoms with Crippen LogP contribution < -0.4 is 11.1 Å². The molecule has 0 aromatic heterocycles. The second-order valence-corrected chi connectivity index (χ2v) is 3.97. The van der Waals surface area contributed by atoms with Gasteiger partial charge in [-0.15, -0.1) is 0 Å². The van der Waals surface area contributed by atoms with Crippen molar-refractivity contribution >= 4 is 5.91 Å². The molecule has 2 unspecified atom stereocenters. The summed E-state index contributed by atoms with van der Waals surface area (Å²) in [6.07, 6.45) is 1.09. The Bertz CT molecular complexity index is 157. The Kier molecular flexibility index (Phi) is 5.71. The van der Waals surface area contributed by atoms with Gasteiger partial charge < -0.3 is 11.1 Å². The summed E-state index contributed by atoms with van der Waals surface area (Å²) >= 11 is 0. The Balaban J connectivity index is 3.78. The minimum Gasteiger partial charge on any atom is -0.369 e. The van der Waals surface area contributed by atoms with Gasteiger partial charge in [0.25, 0.3) is 0 Å². The van der Waals surface area contributed by atoms with Gasteiger partial charge in [0, 0.05) is 18.5 Å². The maximum atomic E-state index is 10.8. The number of hydrogen-bond acceptors (Lipinski definition) is 2. The predicted molar refractivity (Wildman–Crippen MR) is 55.3 cm³/mol. The predicted octanol–water partition coefficient (Wildman–Crippen LogP) is 1.13. The zero-order valence-corrected chi connectivity index (χ0v) is 9.13. The first kappa shape index (κ1) is 12.4. The van der Waals surface area contributed by atoms with Crippen LogP contribution >= 0.6 is 0 Å². The van der Waals surface area contributed by atoms with E-state index in [1.165, 1.54) is 0 Å². The van der Waals surface area contributed by atoms with Gasteiger partial charge in [-0.1, -0.05) is 27.7 Å². The van der Waals surface area contributed by atoms with Gasteiger partial charge >= 0.3 is 0 Å². The lowest BCUT2D eigenvalue weighted by atomic mass is 10.0. The lowest BCUT2D eigenvalue weighted by Gasteiger charge is -2.22. The van der Waals surface area contributed by atoms with Crippen LogP contribution in [0.1, 0.15) is 34.1 Å². The van der Waals surface area contributed by atoms with E-state index in [-0.39, 0.29) is 11.8 Å². The molecule has 0 aliphatic carbocycles. The number of rotatable bonds is 6. The second kappa shape index (κ2) is 5.97. The highest BCUT2D eigenvalue weighted by Crippen LogP contribution is 2.05. The molecule has 0 saturated carbocycles. The van der Waals surface area contributed by atoms with E-state index in [1.54, 1.807) is 0 Å². The van der Waals surface area contributed by atoms with Crippen LogP contribution in [0.15, 0.2) is 0 Å². The molecule has 0 spiro atoms. The molecule has 0 fully saturated rings. The Hall–Kier alpha value is -0.570. The average Bonchev–Trinajstić information content (AvgIpc) is 2.04. The van der Waals surface area contributed by atoms with E-state index >= 15 is 0 Å². The number of carbonyl (C=O) groups excluding carboxylic acids is 1. The SMILES string of the molecule is CCC(NCC(C)C(N)=O)C(C)C. The highest BCUT2D eigenvalue weighted by molar-refractivity contribution is 5.76. The summed E-state index contributed by atoms with van der Waals surface area (Å²) < 4.78 is 0. The molecule has 0 aromatic carbocycles. The van der Waals surface area contributed by atoms with E-state index in [4.69, 9.17) is 5.73 Å². The highest BCUT2D eigenvalue weighted by atomic mass is 16.1. The molecule has 2 atom stereocenters. The monoisotopic (exact) mass is 186 g/mol. The average molecular weight is 186 g/mol. The zero-order valence-electron chi connectivity index (χ0n) is 9.13. The van der Waals surface area contributed by atoms with Crippen LogP contribution in [0, 0.1) is 11.8 Å². The number of carbonyl (C=O) groups is 1. The maximum absolute atomic E-state index is 10.8. The van der Waals surface area contributed by atoms with Gasteiger partial charge in [-0.25, -0.2) is 0 Å². The molecule has 0 rings (SSSR count). The topological polar surface area (TPSA) is 55.1 Å². The van der Waals surface area contributed by atoms with Crippen molar-refractivity contribution in [2.45, 2.75) is 40.2 Å². The third-order valence-electron chi connectivity index (χ3n) is 2.42. The first-order valence-electron chi connectivity index (χ1n) is 5.01. The molecule has 0 heterocycles. The van der Waals surface area contributed by atoms with Crippen molar-refractivity contribution in [2.75, 3.05) is 6.54 Å². The summed E-state index contributed by atoms with van der Waals surface area (Å²) in [4.78, 5) is 10.8. The smallest absolute Gasteiger partial charge is 0.221 e. The summed E-state index contributed by atoms with van der Waals surface area (Å²) in [5, 5.41) is 3.35. The largest absolute Gasteiger partial charge is 0.369 e. The Morgan fingerprint density at radius 2 is 1.92 bits per heavy atom. The van der Waals surface area contributed by atoms with Crippen LogP contribution in [0.4, 0.5) is 0 Å². The third-order valence-corrected chi connectivity index (χ3v) is 2.42. The van der Waals surface area contributed by atoms with Gasteiger partial charge in [-0.3, -0.25) is 4.79 Å². The molecule has 3 nitrogen and oxygen atoms in total. The Labute approximate surface area is 81.1 Å². The van der Waals surface area contributed by atoms with Gasteiger partial charge in [0.05, 0.1) is 0 Å². The minimum atomic E-state index is -0.230.